The molecule has 1 heterocycles. The van der Waals surface area contributed by atoms with Crippen LogP contribution in [0.4, 0.5) is 0 Å². The fraction of sp³-hybridized carbons (Fsp3) is 0.818. The molecule has 5 heteroatoms. The second kappa shape index (κ2) is 5.84. The topological polar surface area (TPSA) is 75.6 Å². The van der Waals surface area contributed by atoms with E-state index >= 15 is 0 Å². The molecule has 1 unspecified atom stereocenters. The third-order valence-electron chi connectivity index (χ3n) is 2.72. The van der Waals surface area contributed by atoms with E-state index in [0.717, 1.165) is 12.8 Å². The minimum Gasteiger partial charge on any atom is -0.480 e. The summed E-state index contributed by atoms with van der Waals surface area (Å²) < 4.78 is 5.38. The van der Waals surface area contributed by atoms with E-state index in [1.165, 1.54) is 0 Å². The van der Waals surface area contributed by atoms with E-state index in [9.17, 15) is 9.59 Å². The van der Waals surface area contributed by atoms with Crippen LogP contribution < -0.4 is 5.32 Å². The van der Waals surface area contributed by atoms with Gasteiger partial charge in [0, 0.05) is 0 Å². The maximum Gasteiger partial charge on any atom is 0.326 e. The van der Waals surface area contributed by atoms with Crippen molar-refractivity contribution < 1.29 is 19.4 Å². The highest BCUT2D eigenvalue weighted by Gasteiger charge is 2.30. The Morgan fingerprint density at radius 3 is 2.62 bits per heavy atom. The molecule has 1 rings (SSSR count). The standard InChI is InChI=1S/C11H19NO4/c1-3-4-8(11(14)15)12-10(13)9-6-5-7(2)16-9/h7-9H,3-6H2,1-2H3,(H,12,13)(H,14,15)/t7-,8?,9-/m0/s1. The molecule has 3 atom stereocenters. The lowest BCUT2D eigenvalue weighted by molar-refractivity contribution is -0.144. The zero-order valence-corrected chi connectivity index (χ0v) is 9.73. The van der Waals surface area contributed by atoms with Gasteiger partial charge in [-0.05, 0) is 26.2 Å². The summed E-state index contributed by atoms with van der Waals surface area (Å²) in [5, 5.41) is 11.4. The monoisotopic (exact) mass is 229 g/mol. The van der Waals surface area contributed by atoms with Crippen LogP contribution in [0.15, 0.2) is 0 Å². The number of carboxylic acids is 1. The molecular weight excluding hydrogens is 210 g/mol. The lowest BCUT2D eigenvalue weighted by Gasteiger charge is -2.16. The Balaban J connectivity index is 2.45. The molecule has 0 bridgehead atoms. The van der Waals surface area contributed by atoms with E-state index in [-0.39, 0.29) is 12.0 Å². The van der Waals surface area contributed by atoms with E-state index in [2.05, 4.69) is 5.32 Å². The van der Waals surface area contributed by atoms with E-state index in [4.69, 9.17) is 9.84 Å². The molecule has 2 N–H and O–H groups in total. The molecule has 1 aliphatic rings. The first-order valence-corrected chi connectivity index (χ1v) is 5.73. The molecule has 0 aromatic rings. The Bertz CT molecular complexity index is 267. The van der Waals surface area contributed by atoms with Gasteiger partial charge in [0.1, 0.15) is 12.1 Å². The van der Waals surface area contributed by atoms with Gasteiger partial charge in [-0.15, -0.1) is 0 Å². The van der Waals surface area contributed by atoms with Crippen LogP contribution in [-0.4, -0.2) is 35.2 Å². The molecule has 0 spiro atoms. The second-order valence-electron chi connectivity index (χ2n) is 4.20. The molecule has 1 aliphatic heterocycles. The highest BCUT2D eigenvalue weighted by atomic mass is 16.5. The normalized spacial score (nSPS) is 26.4. The number of carbonyl (C=O) groups excluding carboxylic acids is 1. The van der Waals surface area contributed by atoms with Crippen LogP contribution in [0, 0.1) is 0 Å². The number of nitrogens with one attached hydrogen (secondary N) is 1. The van der Waals surface area contributed by atoms with Gasteiger partial charge in [0.25, 0.3) is 0 Å². The Labute approximate surface area is 95.2 Å². The van der Waals surface area contributed by atoms with Gasteiger partial charge in [0.2, 0.25) is 5.91 Å². The average Bonchev–Trinajstić information content (AvgIpc) is 2.64. The summed E-state index contributed by atoms with van der Waals surface area (Å²) >= 11 is 0. The molecule has 1 saturated heterocycles. The third-order valence-corrected chi connectivity index (χ3v) is 2.72. The molecule has 92 valence electrons. The van der Waals surface area contributed by atoms with Crippen molar-refractivity contribution in [1.29, 1.82) is 0 Å². The number of ether oxygens (including phenoxy) is 1. The van der Waals surface area contributed by atoms with Gasteiger partial charge >= 0.3 is 5.97 Å². The van der Waals surface area contributed by atoms with Gasteiger partial charge in [-0.2, -0.15) is 0 Å². The summed E-state index contributed by atoms with van der Waals surface area (Å²) in [7, 11) is 0. The summed E-state index contributed by atoms with van der Waals surface area (Å²) in [4.78, 5) is 22.5. The van der Waals surface area contributed by atoms with Gasteiger partial charge in [-0.1, -0.05) is 13.3 Å². The molecule has 0 saturated carbocycles. The molecular formula is C11H19NO4. The molecule has 16 heavy (non-hydrogen) atoms. The van der Waals surface area contributed by atoms with E-state index in [1.807, 2.05) is 13.8 Å². The van der Waals surface area contributed by atoms with E-state index in [0.29, 0.717) is 12.8 Å². The fourth-order valence-corrected chi connectivity index (χ4v) is 1.81. The van der Waals surface area contributed by atoms with Crippen LogP contribution in [0.25, 0.3) is 0 Å². The summed E-state index contributed by atoms with van der Waals surface area (Å²) in [6.07, 6.45) is 2.30. The fourth-order valence-electron chi connectivity index (χ4n) is 1.81. The van der Waals surface area contributed by atoms with Crippen molar-refractivity contribution in [2.75, 3.05) is 0 Å². The van der Waals surface area contributed by atoms with Crippen LogP contribution in [0.3, 0.4) is 0 Å². The molecule has 0 aromatic heterocycles. The molecule has 0 aromatic carbocycles. The number of rotatable bonds is 5. The van der Waals surface area contributed by atoms with E-state index < -0.39 is 18.1 Å². The van der Waals surface area contributed by atoms with Crippen LogP contribution in [0.5, 0.6) is 0 Å². The molecule has 5 nitrogen and oxygen atoms in total. The number of aliphatic carboxylic acids is 1. The van der Waals surface area contributed by atoms with Crippen LogP contribution in [0.2, 0.25) is 0 Å². The Hall–Kier alpha value is -1.10. The van der Waals surface area contributed by atoms with E-state index in [1.54, 1.807) is 0 Å². The zero-order valence-electron chi connectivity index (χ0n) is 9.73. The van der Waals surface area contributed by atoms with Crippen molar-refractivity contribution in [3.63, 3.8) is 0 Å². The molecule has 0 aliphatic carbocycles. The Morgan fingerprint density at radius 2 is 2.19 bits per heavy atom. The number of carboxylic acid groups (broad SMARTS) is 1. The van der Waals surface area contributed by atoms with Crippen molar-refractivity contribution in [3.8, 4) is 0 Å². The first kappa shape index (κ1) is 13.0. The highest BCUT2D eigenvalue weighted by molar-refractivity contribution is 5.86. The minimum absolute atomic E-state index is 0.0882. The van der Waals surface area contributed by atoms with Crippen LogP contribution in [-0.2, 0) is 14.3 Å². The lowest BCUT2D eigenvalue weighted by atomic mass is 10.1. The summed E-state index contributed by atoms with van der Waals surface area (Å²) in [5.74, 6) is -1.29. The first-order valence-electron chi connectivity index (χ1n) is 5.73. The van der Waals surface area contributed by atoms with Crippen LogP contribution >= 0.6 is 0 Å². The molecule has 0 radical (unpaired) electrons. The van der Waals surface area contributed by atoms with Gasteiger partial charge in [0.05, 0.1) is 6.10 Å². The SMILES string of the molecule is CCCC(NC(=O)[C@@H]1CC[C@H](C)O1)C(=O)O. The smallest absolute Gasteiger partial charge is 0.326 e. The average molecular weight is 229 g/mol. The predicted molar refractivity (Wildman–Crippen MR) is 58.0 cm³/mol. The second-order valence-corrected chi connectivity index (χ2v) is 4.20. The van der Waals surface area contributed by atoms with Crippen molar-refractivity contribution >= 4 is 11.9 Å². The quantitative estimate of drug-likeness (QED) is 0.735. The largest absolute Gasteiger partial charge is 0.480 e. The molecule has 1 amide bonds. The van der Waals surface area contributed by atoms with Crippen molar-refractivity contribution in [3.05, 3.63) is 0 Å². The van der Waals surface area contributed by atoms with Gasteiger partial charge in [-0.25, -0.2) is 4.79 Å². The Morgan fingerprint density at radius 1 is 1.50 bits per heavy atom. The third kappa shape index (κ3) is 3.48. The number of hydrogen-bond acceptors (Lipinski definition) is 3. The van der Waals surface area contributed by atoms with Gasteiger partial charge in [0.15, 0.2) is 0 Å². The molecule has 1 fully saturated rings. The lowest BCUT2D eigenvalue weighted by Crippen LogP contribution is -2.45. The summed E-state index contributed by atoms with van der Waals surface area (Å²) in [6.45, 7) is 3.80. The number of carbonyl (C=O) groups is 2. The zero-order chi connectivity index (χ0) is 12.1. The number of hydrogen-bond donors (Lipinski definition) is 2. The number of amides is 1. The van der Waals surface area contributed by atoms with Gasteiger partial charge < -0.3 is 15.2 Å². The van der Waals surface area contributed by atoms with Crippen molar-refractivity contribution in [2.45, 2.75) is 57.8 Å². The van der Waals surface area contributed by atoms with Gasteiger partial charge in [-0.3, -0.25) is 4.79 Å². The van der Waals surface area contributed by atoms with Crippen molar-refractivity contribution in [1.82, 2.24) is 5.32 Å². The highest BCUT2D eigenvalue weighted by Crippen LogP contribution is 2.19. The summed E-state index contributed by atoms with van der Waals surface area (Å²) in [5.41, 5.74) is 0. The first-order chi connectivity index (χ1) is 7.54. The predicted octanol–water partition coefficient (Wildman–Crippen LogP) is 0.923. The van der Waals surface area contributed by atoms with Crippen LogP contribution in [0.1, 0.15) is 39.5 Å². The maximum absolute atomic E-state index is 11.7. The maximum atomic E-state index is 11.7. The minimum atomic E-state index is -0.985. The Kier molecular flexibility index (Phi) is 4.73. The van der Waals surface area contributed by atoms with Crippen molar-refractivity contribution in [2.24, 2.45) is 0 Å². The summed E-state index contributed by atoms with van der Waals surface area (Å²) in [6, 6.07) is -0.794.